The largest absolute Gasteiger partial charge is 0.497 e. The lowest BCUT2D eigenvalue weighted by molar-refractivity contribution is 0.145. The van der Waals surface area contributed by atoms with Crippen molar-refractivity contribution in [1.82, 2.24) is 4.57 Å². The highest BCUT2D eigenvalue weighted by atomic mass is 16.5. The third kappa shape index (κ3) is 4.18. The molecule has 0 spiro atoms. The van der Waals surface area contributed by atoms with E-state index in [-0.39, 0.29) is 6.10 Å². The van der Waals surface area contributed by atoms with E-state index < -0.39 is 0 Å². The van der Waals surface area contributed by atoms with Gasteiger partial charge in [0.1, 0.15) is 11.6 Å². The van der Waals surface area contributed by atoms with Gasteiger partial charge in [0, 0.05) is 31.4 Å². The number of benzene rings is 2. The van der Waals surface area contributed by atoms with Crippen molar-refractivity contribution in [2.75, 3.05) is 25.1 Å². The number of piperidine rings is 1. The van der Waals surface area contributed by atoms with Crippen LogP contribution in [0, 0.1) is 13.8 Å². The number of anilines is 1. The topological polar surface area (TPSA) is 37.6 Å². The number of aryl methyl sites for hydroxylation is 1. The molecule has 2 heterocycles. The number of aliphatic hydroxyl groups excluding tert-OH is 1. The zero-order valence-corrected chi connectivity index (χ0v) is 17.6. The molecule has 0 amide bonds. The number of hydrogen-bond donors (Lipinski definition) is 1. The summed E-state index contributed by atoms with van der Waals surface area (Å²) in [7, 11) is 1.70. The van der Waals surface area contributed by atoms with Gasteiger partial charge in [0.25, 0.3) is 0 Å². The fourth-order valence-corrected chi connectivity index (χ4v) is 4.22. The molecule has 152 valence electrons. The molecule has 1 aromatic heterocycles. The van der Waals surface area contributed by atoms with E-state index in [2.05, 4.69) is 65.9 Å². The van der Waals surface area contributed by atoms with Crippen LogP contribution in [-0.2, 0) is 6.54 Å². The Labute approximate surface area is 173 Å². The maximum Gasteiger partial charge on any atom is 0.118 e. The minimum absolute atomic E-state index is 0.173. The quantitative estimate of drug-likeness (QED) is 0.681. The number of ether oxygens (including phenoxy) is 1. The van der Waals surface area contributed by atoms with Crippen molar-refractivity contribution < 1.29 is 9.84 Å². The third-order valence-electron chi connectivity index (χ3n) is 5.93. The average molecular weight is 391 g/mol. The Hall–Kier alpha value is -2.72. The minimum Gasteiger partial charge on any atom is -0.497 e. The van der Waals surface area contributed by atoms with Crippen LogP contribution < -0.4 is 9.64 Å². The van der Waals surface area contributed by atoms with Gasteiger partial charge < -0.3 is 19.3 Å². The summed E-state index contributed by atoms with van der Waals surface area (Å²) in [6, 6.07) is 17.1. The van der Waals surface area contributed by atoms with Gasteiger partial charge >= 0.3 is 0 Å². The molecule has 0 aliphatic carbocycles. The molecular weight excluding hydrogens is 360 g/mol. The van der Waals surface area contributed by atoms with Crippen molar-refractivity contribution in [2.45, 2.75) is 39.3 Å². The van der Waals surface area contributed by atoms with E-state index in [0.29, 0.717) is 0 Å². The lowest BCUT2D eigenvalue weighted by Crippen LogP contribution is -2.37. The van der Waals surface area contributed by atoms with Crippen LogP contribution in [0.25, 0.3) is 11.1 Å². The highest BCUT2D eigenvalue weighted by Crippen LogP contribution is 2.35. The van der Waals surface area contributed by atoms with Crippen LogP contribution in [0.4, 0.5) is 5.82 Å². The number of aliphatic hydroxyl groups is 1. The van der Waals surface area contributed by atoms with Crippen molar-refractivity contribution in [2.24, 2.45) is 0 Å². The first-order chi connectivity index (χ1) is 14.0. The van der Waals surface area contributed by atoms with Crippen molar-refractivity contribution in [3.63, 3.8) is 0 Å². The van der Waals surface area contributed by atoms with Gasteiger partial charge in [0.2, 0.25) is 0 Å². The summed E-state index contributed by atoms with van der Waals surface area (Å²) >= 11 is 0. The summed E-state index contributed by atoms with van der Waals surface area (Å²) in [6.45, 7) is 6.94. The van der Waals surface area contributed by atoms with E-state index in [0.717, 1.165) is 38.2 Å². The van der Waals surface area contributed by atoms with E-state index >= 15 is 0 Å². The lowest BCUT2D eigenvalue weighted by Gasteiger charge is -2.33. The Kier molecular flexibility index (Phi) is 5.63. The predicted octanol–water partition coefficient (Wildman–Crippen LogP) is 4.79. The molecule has 1 N–H and O–H groups in total. The van der Waals surface area contributed by atoms with E-state index in [9.17, 15) is 5.11 Å². The van der Waals surface area contributed by atoms with Gasteiger partial charge in [-0.3, -0.25) is 0 Å². The Bertz CT molecular complexity index is 950. The summed E-state index contributed by atoms with van der Waals surface area (Å²) in [6.07, 6.45) is 3.76. The molecule has 1 aliphatic rings. The van der Waals surface area contributed by atoms with Crippen molar-refractivity contribution >= 4 is 5.82 Å². The Morgan fingerprint density at radius 3 is 2.24 bits per heavy atom. The average Bonchev–Trinajstić information content (AvgIpc) is 3.06. The molecule has 0 atom stereocenters. The van der Waals surface area contributed by atoms with E-state index in [1.807, 2.05) is 12.1 Å². The lowest BCUT2D eigenvalue weighted by atomic mass is 10.0. The SMILES string of the molecule is COc1ccc(Cn2cc(-c3ccc(C)cc3)c(C)c2N2CCC(O)CC2)cc1. The fraction of sp³-hybridized carbons (Fsp3) is 0.360. The molecule has 4 nitrogen and oxygen atoms in total. The standard InChI is InChI=1S/C25H30N2O2/c1-18-4-8-21(9-5-18)24-17-27(16-20-6-10-23(29-3)11-7-20)25(19(24)2)26-14-12-22(28)13-15-26/h4-11,17,22,28H,12-16H2,1-3H3. The first-order valence-electron chi connectivity index (χ1n) is 10.4. The van der Waals surface area contributed by atoms with E-state index in [1.165, 1.54) is 33.6 Å². The Morgan fingerprint density at radius 1 is 0.966 bits per heavy atom. The molecule has 1 aliphatic heterocycles. The van der Waals surface area contributed by atoms with Crippen molar-refractivity contribution in [3.8, 4) is 16.9 Å². The van der Waals surface area contributed by atoms with Crippen LogP contribution in [0.1, 0.15) is 29.5 Å². The van der Waals surface area contributed by atoms with Crippen LogP contribution in [0.3, 0.4) is 0 Å². The van der Waals surface area contributed by atoms with Crippen LogP contribution >= 0.6 is 0 Å². The summed E-state index contributed by atoms with van der Waals surface area (Å²) in [4.78, 5) is 2.43. The van der Waals surface area contributed by atoms with Gasteiger partial charge in [-0.2, -0.15) is 0 Å². The van der Waals surface area contributed by atoms with E-state index in [4.69, 9.17) is 4.74 Å². The van der Waals surface area contributed by atoms with Gasteiger partial charge in [-0.15, -0.1) is 0 Å². The van der Waals surface area contributed by atoms with Gasteiger partial charge in [-0.05, 0) is 55.5 Å². The summed E-state index contributed by atoms with van der Waals surface area (Å²) in [5, 5.41) is 9.96. The van der Waals surface area contributed by atoms with Gasteiger partial charge in [-0.1, -0.05) is 42.0 Å². The predicted molar refractivity (Wildman–Crippen MR) is 119 cm³/mol. The number of nitrogens with zero attached hydrogens (tertiary/aromatic N) is 2. The summed E-state index contributed by atoms with van der Waals surface area (Å²) in [5.41, 5.74) is 6.35. The molecule has 4 heteroatoms. The molecule has 0 saturated carbocycles. The smallest absolute Gasteiger partial charge is 0.118 e. The number of methoxy groups -OCH3 is 1. The molecule has 3 aromatic rings. The van der Waals surface area contributed by atoms with Crippen LogP contribution in [-0.4, -0.2) is 36.0 Å². The van der Waals surface area contributed by atoms with Gasteiger partial charge in [0.05, 0.1) is 13.2 Å². The second-order valence-corrected chi connectivity index (χ2v) is 8.05. The highest BCUT2D eigenvalue weighted by Gasteiger charge is 2.23. The van der Waals surface area contributed by atoms with Crippen molar-refractivity contribution in [1.29, 1.82) is 0 Å². The number of aromatic nitrogens is 1. The van der Waals surface area contributed by atoms with Crippen LogP contribution in [0.5, 0.6) is 5.75 Å². The van der Waals surface area contributed by atoms with Crippen LogP contribution in [0.15, 0.2) is 54.7 Å². The molecule has 1 fully saturated rings. The summed E-state index contributed by atoms with van der Waals surface area (Å²) < 4.78 is 7.67. The molecule has 0 unspecified atom stereocenters. The molecule has 29 heavy (non-hydrogen) atoms. The number of hydrogen-bond acceptors (Lipinski definition) is 3. The third-order valence-corrected chi connectivity index (χ3v) is 5.93. The highest BCUT2D eigenvalue weighted by molar-refractivity contribution is 5.74. The number of rotatable bonds is 5. The van der Waals surface area contributed by atoms with Crippen LogP contribution in [0.2, 0.25) is 0 Å². The molecule has 0 bridgehead atoms. The fourth-order valence-electron chi connectivity index (χ4n) is 4.22. The van der Waals surface area contributed by atoms with Gasteiger partial charge in [-0.25, -0.2) is 0 Å². The Balaban J connectivity index is 1.72. The first kappa shape index (κ1) is 19.6. The molecular formula is C25H30N2O2. The normalized spacial score (nSPS) is 15.0. The maximum absolute atomic E-state index is 9.96. The molecule has 1 saturated heterocycles. The monoisotopic (exact) mass is 390 g/mol. The zero-order chi connectivity index (χ0) is 20.4. The summed E-state index contributed by atoms with van der Waals surface area (Å²) in [5.74, 6) is 2.14. The minimum atomic E-state index is -0.173. The Morgan fingerprint density at radius 2 is 1.62 bits per heavy atom. The second kappa shape index (κ2) is 8.34. The molecule has 4 rings (SSSR count). The molecule has 0 radical (unpaired) electrons. The molecule has 2 aromatic carbocycles. The zero-order valence-electron chi connectivity index (χ0n) is 17.6. The van der Waals surface area contributed by atoms with Gasteiger partial charge in [0.15, 0.2) is 0 Å². The first-order valence-corrected chi connectivity index (χ1v) is 10.4. The van der Waals surface area contributed by atoms with Crippen molar-refractivity contribution in [3.05, 3.63) is 71.4 Å². The second-order valence-electron chi connectivity index (χ2n) is 8.05. The maximum atomic E-state index is 9.96. The van der Waals surface area contributed by atoms with E-state index in [1.54, 1.807) is 7.11 Å².